The summed E-state index contributed by atoms with van der Waals surface area (Å²) in [5.41, 5.74) is 0. The molecule has 0 saturated heterocycles. The third-order valence-electron chi connectivity index (χ3n) is 1.33. The fourth-order valence-corrected chi connectivity index (χ4v) is 2.08. The normalized spacial score (nSPS) is 13.8. The summed E-state index contributed by atoms with van der Waals surface area (Å²) in [6, 6.07) is 0. The van der Waals surface area contributed by atoms with Crippen molar-refractivity contribution in [2.24, 2.45) is 0 Å². The van der Waals surface area contributed by atoms with Crippen LogP contribution in [0, 0.1) is 0 Å². The predicted molar refractivity (Wildman–Crippen MR) is 47.3 cm³/mol. The summed E-state index contributed by atoms with van der Waals surface area (Å²) in [5, 5.41) is 8.48. The van der Waals surface area contributed by atoms with E-state index in [9.17, 15) is 0 Å². The molecule has 0 aliphatic carbocycles. The van der Waals surface area contributed by atoms with Crippen LogP contribution < -0.4 is 0 Å². The van der Waals surface area contributed by atoms with Crippen LogP contribution in [-0.4, -0.2) is 37.9 Å². The molecule has 0 unspecified atom stereocenters. The molecule has 0 amide bonds. The van der Waals surface area contributed by atoms with Crippen molar-refractivity contribution in [3.05, 3.63) is 0 Å². The third-order valence-corrected chi connectivity index (χ3v) is 3.19. The summed E-state index contributed by atoms with van der Waals surface area (Å²) < 4.78 is 0. The molecule has 0 bridgehead atoms. The van der Waals surface area contributed by atoms with Gasteiger partial charge in [-0.1, -0.05) is 0 Å². The molecule has 0 aromatic heterocycles. The van der Waals surface area contributed by atoms with E-state index in [0.717, 1.165) is 6.42 Å². The molecule has 0 rings (SSSR count). The van der Waals surface area contributed by atoms with Gasteiger partial charge in [0.15, 0.2) is 0 Å². The topological polar surface area (TPSA) is 20.2 Å². The molecule has 0 aromatic carbocycles. The molecule has 0 aliphatic rings. The van der Waals surface area contributed by atoms with Gasteiger partial charge >= 0.3 is 58.0 Å². The van der Waals surface area contributed by atoms with E-state index in [1.54, 1.807) is 0 Å². The summed E-state index contributed by atoms with van der Waals surface area (Å²) in [5.74, 6) is 0. The van der Waals surface area contributed by atoms with E-state index in [1.807, 2.05) is 0 Å². The van der Waals surface area contributed by atoms with Crippen LogP contribution in [0.2, 0.25) is 0 Å². The van der Waals surface area contributed by atoms with E-state index in [4.69, 9.17) is 5.11 Å². The molecule has 1 nitrogen and oxygen atoms in total. The molecular weight excluding hydrogens is 131 g/mol. The van der Waals surface area contributed by atoms with E-state index in [-0.39, 0.29) is 0 Å². The van der Waals surface area contributed by atoms with E-state index >= 15 is 0 Å². The summed E-state index contributed by atoms with van der Waals surface area (Å²) >= 11 is 0. The van der Waals surface area contributed by atoms with Crippen LogP contribution in [0.25, 0.3) is 0 Å². The Morgan fingerprint density at radius 3 is 2.00 bits per heavy atom. The van der Waals surface area contributed by atoms with E-state index in [0.29, 0.717) is 6.61 Å². The van der Waals surface area contributed by atoms with Crippen molar-refractivity contribution in [1.82, 2.24) is 0 Å². The Morgan fingerprint density at radius 2 is 1.67 bits per heavy atom. The van der Waals surface area contributed by atoms with Crippen LogP contribution in [-0.2, 0) is 0 Å². The Bertz CT molecular complexity index is 65.8. The second-order valence-electron chi connectivity index (χ2n) is 3.74. The fourth-order valence-electron chi connectivity index (χ4n) is 0.767. The first-order valence-electron chi connectivity index (χ1n) is 3.67. The first-order valence-corrected chi connectivity index (χ1v) is 7.38. The van der Waals surface area contributed by atoms with E-state index in [2.05, 4.69) is 20.0 Å². The second kappa shape index (κ2) is 4.24. The summed E-state index contributed by atoms with van der Waals surface area (Å²) in [4.78, 5) is 0. The van der Waals surface area contributed by atoms with Gasteiger partial charge in [-0.3, -0.25) is 0 Å². The van der Waals surface area contributed by atoms with Crippen LogP contribution in [0.15, 0.2) is 0 Å². The molecule has 0 fully saturated rings. The number of aliphatic hydroxyl groups excluding tert-OH is 1. The molecule has 2 heteroatoms. The standard InChI is InChI=1S/C7H19OP/c1-9(2,3)7-5-4-6-8/h8-9H,4-7H2,1-3H3. The first kappa shape index (κ1) is 9.39. The molecule has 0 atom stereocenters. The zero-order valence-corrected chi connectivity index (χ0v) is 7.78. The fraction of sp³-hybridized carbons (Fsp3) is 1.00. The first-order chi connectivity index (χ1) is 4.06. The van der Waals surface area contributed by atoms with Crippen molar-refractivity contribution >= 4 is 7.26 Å². The van der Waals surface area contributed by atoms with Crippen molar-refractivity contribution in [3.8, 4) is 0 Å². The third kappa shape index (κ3) is 8.39. The SMILES string of the molecule is C[PH](C)(C)CCCCO. The van der Waals surface area contributed by atoms with Crippen molar-refractivity contribution in [2.75, 3.05) is 32.8 Å². The maximum atomic E-state index is 8.48. The summed E-state index contributed by atoms with van der Waals surface area (Å²) in [7, 11) is -0.806. The zero-order valence-electron chi connectivity index (χ0n) is 6.78. The molecule has 0 aliphatic heterocycles. The van der Waals surface area contributed by atoms with Gasteiger partial charge in [-0.05, 0) is 0 Å². The van der Waals surface area contributed by atoms with E-state index < -0.39 is 7.26 Å². The molecule has 0 saturated carbocycles. The number of hydrogen-bond acceptors (Lipinski definition) is 1. The van der Waals surface area contributed by atoms with E-state index in [1.165, 1.54) is 12.6 Å². The maximum absolute atomic E-state index is 8.48. The molecule has 58 valence electrons. The molecule has 0 radical (unpaired) electrons. The molecule has 0 spiro atoms. The van der Waals surface area contributed by atoms with Crippen molar-refractivity contribution in [2.45, 2.75) is 12.8 Å². The Morgan fingerprint density at radius 1 is 1.11 bits per heavy atom. The monoisotopic (exact) mass is 150 g/mol. The molecule has 0 heterocycles. The van der Waals surface area contributed by atoms with Gasteiger partial charge in [0.2, 0.25) is 0 Å². The Balaban J connectivity index is 3.07. The van der Waals surface area contributed by atoms with Crippen LogP contribution in [0.5, 0.6) is 0 Å². The van der Waals surface area contributed by atoms with Crippen molar-refractivity contribution in [3.63, 3.8) is 0 Å². The molecule has 9 heavy (non-hydrogen) atoms. The van der Waals surface area contributed by atoms with Gasteiger partial charge in [0.25, 0.3) is 0 Å². The minimum absolute atomic E-state index is 0.366. The number of rotatable bonds is 4. The second-order valence-corrected chi connectivity index (χ2v) is 9.36. The summed E-state index contributed by atoms with van der Waals surface area (Å²) in [6.45, 7) is 7.46. The Kier molecular flexibility index (Phi) is 4.43. The van der Waals surface area contributed by atoms with Gasteiger partial charge < -0.3 is 0 Å². The van der Waals surface area contributed by atoms with Gasteiger partial charge in [-0.2, -0.15) is 0 Å². The minimum atomic E-state index is -0.806. The van der Waals surface area contributed by atoms with Crippen molar-refractivity contribution in [1.29, 1.82) is 0 Å². The quantitative estimate of drug-likeness (QED) is 0.474. The Labute approximate surface area is 58.8 Å². The number of aliphatic hydroxyl groups is 1. The van der Waals surface area contributed by atoms with Crippen LogP contribution >= 0.6 is 7.26 Å². The zero-order chi connectivity index (χ0) is 7.33. The average molecular weight is 150 g/mol. The Hall–Kier alpha value is 0.390. The number of hydrogen-bond donors (Lipinski definition) is 1. The predicted octanol–water partition coefficient (Wildman–Crippen LogP) is 1.40. The van der Waals surface area contributed by atoms with Crippen LogP contribution in [0.1, 0.15) is 12.8 Å². The molecular formula is C7H19OP. The van der Waals surface area contributed by atoms with Gasteiger partial charge in [0, 0.05) is 0 Å². The van der Waals surface area contributed by atoms with Gasteiger partial charge in [0.05, 0.1) is 0 Å². The number of unbranched alkanes of at least 4 members (excludes halogenated alkanes) is 1. The molecule has 1 N–H and O–H groups in total. The average Bonchev–Trinajstić information content (AvgIpc) is 1.63. The van der Waals surface area contributed by atoms with Gasteiger partial charge in [0.1, 0.15) is 0 Å². The van der Waals surface area contributed by atoms with Crippen LogP contribution in [0.3, 0.4) is 0 Å². The molecule has 0 aromatic rings. The van der Waals surface area contributed by atoms with Crippen molar-refractivity contribution < 1.29 is 5.11 Å². The van der Waals surface area contributed by atoms with Gasteiger partial charge in [-0.15, -0.1) is 0 Å². The summed E-state index contributed by atoms with van der Waals surface area (Å²) in [6.07, 6.45) is 3.56. The van der Waals surface area contributed by atoms with Gasteiger partial charge in [-0.25, -0.2) is 0 Å². The van der Waals surface area contributed by atoms with Crippen LogP contribution in [0.4, 0.5) is 0 Å².